The highest BCUT2D eigenvalue weighted by atomic mass is 32.2. The second-order valence-corrected chi connectivity index (χ2v) is 9.21. The predicted molar refractivity (Wildman–Crippen MR) is 108 cm³/mol. The van der Waals surface area contributed by atoms with Crippen molar-refractivity contribution < 1.29 is 26.8 Å². The van der Waals surface area contributed by atoms with E-state index in [0.29, 0.717) is 18.2 Å². The van der Waals surface area contributed by atoms with Crippen molar-refractivity contribution in [2.45, 2.75) is 31.2 Å². The van der Waals surface area contributed by atoms with Crippen LogP contribution in [0.3, 0.4) is 0 Å². The van der Waals surface area contributed by atoms with E-state index in [1.54, 1.807) is 11.0 Å². The topological polar surface area (TPSA) is 86.8 Å². The van der Waals surface area contributed by atoms with Crippen molar-refractivity contribution in [1.29, 1.82) is 0 Å². The molecular formula is C20H21F2N3O4S. The number of rotatable bonds is 5. The molecule has 0 saturated heterocycles. The van der Waals surface area contributed by atoms with Crippen molar-refractivity contribution in [3.8, 4) is 0 Å². The summed E-state index contributed by atoms with van der Waals surface area (Å²) < 4.78 is 53.2. The Morgan fingerprint density at radius 1 is 1.20 bits per heavy atom. The molecule has 30 heavy (non-hydrogen) atoms. The highest BCUT2D eigenvalue weighted by Crippen LogP contribution is 2.34. The van der Waals surface area contributed by atoms with Crippen LogP contribution in [-0.4, -0.2) is 44.2 Å². The monoisotopic (exact) mass is 437 g/mol. The van der Waals surface area contributed by atoms with E-state index in [4.69, 9.17) is 0 Å². The van der Waals surface area contributed by atoms with Crippen LogP contribution in [0, 0.1) is 11.6 Å². The lowest BCUT2D eigenvalue weighted by molar-refractivity contribution is -0.117. The third-order valence-electron chi connectivity index (χ3n) is 4.89. The molecule has 2 aromatic carbocycles. The molecule has 1 aliphatic heterocycles. The minimum absolute atomic E-state index is 0.0119. The molecule has 0 spiro atoms. The summed E-state index contributed by atoms with van der Waals surface area (Å²) in [5, 5.41) is 2.23. The van der Waals surface area contributed by atoms with Crippen LogP contribution in [0.4, 0.5) is 20.2 Å². The average molecular weight is 437 g/mol. The number of halogens is 2. The third kappa shape index (κ3) is 4.19. The van der Waals surface area contributed by atoms with Gasteiger partial charge in [0.25, 0.3) is 0 Å². The van der Waals surface area contributed by atoms with Gasteiger partial charge in [-0.05, 0) is 49.2 Å². The molecule has 2 aromatic rings. The Balaban J connectivity index is 1.76. The number of carbonyl (C=O) groups is 2. The average Bonchev–Trinajstić information content (AvgIpc) is 2.98. The molecule has 7 nitrogen and oxygen atoms in total. The van der Waals surface area contributed by atoms with Gasteiger partial charge >= 0.3 is 0 Å². The molecule has 0 aromatic heterocycles. The van der Waals surface area contributed by atoms with Crippen LogP contribution in [0.1, 0.15) is 19.4 Å². The zero-order chi connectivity index (χ0) is 22.2. The second kappa shape index (κ2) is 8.11. The third-order valence-corrected chi connectivity index (χ3v) is 6.68. The van der Waals surface area contributed by atoms with E-state index in [0.717, 1.165) is 22.0 Å². The van der Waals surface area contributed by atoms with Gasteiger partial charge < -0.3 is 10.2 Å². The van der Waals surface area contributed by atoms with E-state index in [9.17, 15) is 26.8 Å². The number of amides is 2. The number of fused-ring (bicyclic) bond motifs is 1. The van der Waals surface area contributed by atoms with E-state index in [2.05, 4.69) is 5.32 Å². The maximum absolute atomic E-state index is 13.7. The van der Waals surface area contributed by atoms with Crippen molar-refractivity contribution in [3.63, 3.8) is 0 Å². The molecule has 1 heterocycles. The molecule has 2 amide bonds. The molecule has 160 valence electrons. The highest BCUT2D eigenvalue weighted by molar-refractivity contribution is 7.89. The van der Waals surface area contributed by atoms with Crippen molar-refractivity contribution in [1.82, 2.24) is 4.31 Å². The molecule has 1 N–H and O–H groups in total. The van der Waals surface area contributed by atoms with Gasteiger partial charge in [-0.1, -0.05) is 0 Å². The quantitative estimate of drug-likeness (QED) is 0.779. The van der Waals surface area contributed by atoms with Gasteiger partial charge in [-0.3, -0.25) is 9.59 Å². The van der Waals surface area contributed by atoms with Gasteiger partial charge in [0.05, 0.1) is 17.1 Å². The summed E-state index contributed by atoms with van der Waals surface area (Å²) in [5.41, 5.74) is 1.15. The Kier molecular flexibility index (Phi) is 5.91. The molecule has 1 aliphatic rings. The van der Waals surface area contributed by atoms with Crippen LogP contribution >= 0.6 is 0 Å². The Bertz CT molecular complexity index is 1120. The zero-order valence-corrected chi connectivity index (χ0v) is 17.5. The first kappa shape index (κ1) is 21.8. The molecular weight excluding hydrogens is 416 g/mol. The van der Waals surface area contributed by atoms with Crippen molar-refractivity contribution in [3.05, 3.63) is 53.6 Å². The molecule has 0 saturated carbocycles. The van der Waals surface area contributed by atoms with Crippen LogP contribution in [-0.2, 0) is 26.0 Å². The first-order valence-electron chi connectivity index (χ1n) is 9.14. The van der Waals surface area contributed by atoms with Crippen molar-refractivity contribution >= 4 is 33.2 Å². The number of benzene rings is 2. The number of likely N-dealkylation sites (N-methyl/N-ethyl adjacent to an activating group) is 1. The first-order valence-corrected chi connectivity index (χ1v) is 10.6. The molecule has 0 unspecified atom stereocenters. The molecule has 10 heteroatoms. The Morgan fingerprint density at radius 2 is 1.90 bits per heavy atom. The van der Waals surface area contributed by atoms with Gasteiger partial charge in [0.2, 0.25) is 21.8 Å². The molecule has 0 fully saturated rings. The lowest BCUT2D eigenvalue weighted by Crippen LogP contribution is -2.35. The predicted octanol–water partition coefficient (Wildman–Crippen LogP) is 2.52. The maximum atomic E-state index is 13.7. The number of sulfonamides is 1. The standard InChI is InChI=1S/C20H21F2N3O4S/c1-12-8-14-9-16(5-7-19(14)25(12)13(2)26)30(28,29)24(3)11-20(27)23-18-6-4-15(21)10-17(18)22/h4-7,9-10,12H,8,11H2,1-3H3,(H,23,27)/t12-/m1/s1. The number of anilines is 2. The summed E-state index contributed by atoms with van der Waals surface area (Å²) in [4.78, 5) is 25.6. The van der Waals surface area contributed by atoms with E-state index >= 15 is 0 Å². The van der Waals surface area contributed by atoms with E-state index in [1.807, 2.05) is 6.92 Å². The fraction of sp³-hybridized carbons (Fsp3) is 0.300. The van der Waals surface area contributed by atoms with Crippen LogP contribution in [0.15, 0.2) is 41.3 Å². The lowest BCUT2D eigenvalue weighted by atomic mass is 10.1. The number of carbonyl (C=O) groups excluding carboxylic acids is 2. The van der Waals surface area contributed by atoms with Crippen molar-refractivity contribution in [2.24, 2.45) is 0 Å². The van der Waals surface area contributed by atoms with E-state index in [-0.39, 0.29) is 22.5 Å². The zero-order valence-electron chi connectivity index (χ0n) is 16.6. The first-order chi connectivity index (χ1) is 14.0. The Morgan fingerprint density at radius 3 is 2.53 bits per heavy atom. The van der Waals surface area contributed by atoms with Crippen LogP contribution in [0.5, 0.6) is 0 Å². The number of nitrogens with zero attached hydrogens (tertiary/aromatic N) is 2. The normalized spacial score (nSPS) is 15.9. The Labute approximate surface area is 173 Å². The van der Waals surface area contributed by atoms with Crippen LogP contribution in [0.2, 0.25) is 0 Å². The highest BCUT2D eigenvalue weighted by Gasteiger charge is 2.31. The number of hydrogen-bond acceptors (Lipinski definition) is 4. The molecule has 0 radical (unpaired) electrons. The summed E-state index contributed by atoms with van der Waals surface area (Å²) in [7, 11) is -2.77. The summed E-state index contributed by atoms with van der Waals surface area (Å²) in [6.07, 6.45) is 0.520. The lowest BCUT2D eigenvalue weighted by Gasteiger charge is -2.21. The van der Waals surface area contributed by atoms with E-state index < -0.39 is 34.1 Å². The smallest absolute Gasteiger partial charge is 0.243 e. The molecule has 0 aliphatic carbocycles. The van der Waals surface area contributed by atoms with Crippen molar-refractivity contribution in [2.75, 3.05) is 23.8 Å². The van der Waals surface area contributed by atoms with Gasteiger partial charge in [-0.2, -0.15) is 4.31 Å². The van der Waals surface area contributed by atoms with Gasteiger partial charge in [0.15, 0.2) is 0 Å². The number of hydrogen-bond donors (Lipinski definition) is 1. The van der Waals surface area contributed by atoms with Crippen LogP contribution < -0.4 is 10.2 Å². The summed E-state index contributed by atoms with van der Waals surface area (Å²) in [6, 6.07) is 7.04. The second-order valence-electron chi connectivity index (χ2n) is 7.17. The molecule has 1 atom stereocenters. The summed E-state index contributed by atoms with van der Waals surface area (Å²) in [6.45, 7) is 2.76. The minimum Gasteiger partial charge on any atom is -0.322 e. The van der Waals surface area contributed by atoms with Gasteiger partial charge in [-0.15, -0.1) is 0 Å². The Hall–Kier alpha value is -2.85. The SMILES string of the molecule is CC(=O)N1c2ccc(S(=O)(=O)N(C)CC(=O)Nc3ccc(F)cc3F)cc2C[C@H]1C. The van der Waals surface area contributed by atoms with Crippen LogP contribution in [0.25, 0.3) is 0 Å². The van der Waals surface area contributed by atoms with E-state index in [1.165, 1.54) is 26.1 Å². The fourth-order valence-electron chi connectivity index (χ4n) is 3.50. The summed E-state index contributed by atoms with van der Waals surface area (Å²) in [5.74, 6) is -2.65. The maximum Gasteiger partial charge on any atom is 0.243 e. The minimum atomic E-state index is -4.00. The van der Waals surface area contributed by atoms with Gasteiger partial charge in [0, 0.05) is 31.8 Å². The van der Waals surface area contributed by atoms with Gasteiger partial charge in [-0.25, -0.2) is 17.2 Å². The molecule has 0 bridgehead atoms. The fourth-order valence-corrected chi connectivity index (χ4v) is 4.67. The number of nitrogens with one attached hydrogen (secondary N) is 1. The largest absolute Gasteiger partial charge is 0.322 e. The van der Waals surface area contributed by atoms with Gasteiger partial charge in [0.1, 0.15) is 11.6 Å². The molecule has 3 rings (SSSR count). The summed E-state index contributed by atoms with van der Waals surface area (Å²) >= 11 is 0.